The summed E-state index contributed by atoms with van der Waals surface area (Å²) in [6.07, 6.45) is 4.24. The van der Waals surface area contributed by atoms with Crippen molar-refractivity contribution in [1.82, 2.24) is 20.0 Å². The van der Waals surface area contributed by atoms with Gasteiger partial charge in [-0.15, -0.1) is 0 Å². The molecule has 55 heavy (non-hydrogen) atoms. The first kappa shape index (κ1) is 53.3. The second kappa shape index (κ2) is 27.1. The van der Waals surface area contributed by atoms with E-state index in [9.17, 15) is 19.2 Å². The Morgan fingerprint density at radius 2 is 1.53 bits per heavy atom. The van der Waals surface area contributed by atoms with E-state index in [2.05, 4.69) is 25.2 Å². The standard InChI is InChI=1S/C41H69N4O6.C3H7.Y/c1-14-28(6)38(44(11)41(49)32(26(2)3)24-34(46)37(27(4)5)43(9)10)35(50-12)25-36(47)45-22-18-21-33(45)39(51-13)30(8)40(48)42-29(7)23-31-19-16-15-17-20-31;1-3-2;/h16-17,19-20,26-30,32-33,35,37-39H,14,18,21-25H2,1-13H3,(H,42,48);3H,1-2H3;/q2*-1;/t28-,29+,30+,32-,33-,35+,37-,38-,39+;;/m0../s1. The van der Waals surface area contributed by atoms with Crippen molar-refractivity contribution in [3.63, 3.8) is 0 Å². The molecule has 1 heterocycles. The van der Waals surface area contributed by atoms with E-state index < -0.39 is 24.0 Å². The second-order valence-electron chi connectivity index (χ2n) is 16.4. The van der Waals surface area contributed by atoms with Crippen molar-refractivity contribution in [3.8, 4) is 0 Å². The molecule has 9 atom stereocenters. The molecule has 1 aliphatic heterocycles. The van der Waals surface area contributed by atoms with Gasteiger partial charge in [-0.2, -0.15) is 49.7 Å². The van der Waals surface area contributed by atoms with Crippen LogP contribution in [0.2, 0.25) is 0 Å². The number of ether oxygens (including phenoxy) is 2. The number of methoxy groups -OCH3 is 2. The molecule has 11 heteroatoms. The Morgan fingerprint density at radius 1 is 0.945 bits per heavy atom. The van der Waals surface area contributed by atoms with E-state index in [4.69, 9.17) is 9.47 Å². The molecule has 1 aromatic rings. The Balaban J connectivity index is 0.00000704. The Morgan fingerprint density at radius 3 is 2.00 bits per heavy atom. The van der Waals surface area contributed by atoms with E-state index in [0.717, 1.165) is 24.8 Å². The molecule has 0 spiro atoms. The minimum Gasteiger partial charge on any atom is -0.379 e. The molecule has 1 radical (unpaired) electrons. The van der Waals surface area contributed by atoms with Crippen LogP contribution < -0.4 is 5.32 Å². The van der Waals surface area contributed by atoms with Gasteiger partial charge in [-0.25, -0.2) is 0 Å². The fraction of sp³-hybridized carbons (Fsp3) is 0.750. The van der Waals surface area contributed by atoms with Crippen molar-refractivity contribution < 1.29 is 61.4 Å². The van der Waals surface area contributed by atoms with Gasteiger partial charge < -0.3 is 31.0 Å². The third-order valence-electron chi connectivity index (χ3n) is 11.0. The van der Waals surface area contributed by atoms with E-state index in [-0.39, 0.29) is 111 Å². The Kier molecular flexibility index (Phi) is 26.2. The average Bonchev–Trinajstić information content (AvgIpc) is 3.60. The number of likely N-dealkylation sites (N-methyl/N-ethyl adjacent to an activating group) is 2. The summed E-state index contributed by atoms with van der Waals surface area (Å²) in [6, 6.07) is 9.77. The van der Waals surface area contributed by atoms with Crippen LogP contribution in [0.5, 0.6) is 0 Å². The zero-order valence-electron chi connectivity index (χ0n) is 37.1. The smallest absolute Gasteiger partial charge is 0.226 e. The minimum atomic E-state index is -0.561. The zero-order valence-corrected chi connectivity index (χ0v) is 39.9. The van der Waals surface area contributed by atoms with Crippen molar-refractivity contribution in [2.24, 2.45) is 29.6 Å². The molecule has 1 saturated heterocycles. The van der Waals surface area contributed by atoms with E-state index in [1.165, 1.54) is 0 Å². The van der Waals surface area contributed by atoms with E-state index in [1.807, 2.05) is 110 Å². The van der Waals surface area contributed by atoms with Gasteiger partial charge in [-0.1, -0.05) is 54.9 Å². The Hall–Kier alpha value is -1.72. The molecule has 0 saturated carbocycles. The maximum Gasteiger partial charge on any atom is 0.226 e. The first-order valence-corrected chi connectivity index (χ1v) is 20.2. The number of carbonyl (C=O) groups is 4. The molecule has 10 nitrogen and oxygen atoms in total. The second-order valence-corrected chi connectivity index (χ2v) is 16.4. The van der Waals surface area contributed by atoms with E-state index in [1.54, 1.807) is 26.2 Å². The van der Waals surface area contributed by atoms with Crippen LogP contribution in [0.15, 0.2) is 24.3 Å². The third-order valence-corrected chi connectivity index (χ3v) is 11.0. The normalized spacial score (nSPS) is 18.6. The van der Waals surface area contributed by atoms with Crippen LogP contribution in [0, 0.1) is 42.1 Å². The van der Waals surface area contributed by atoms with Crippen molar-refractivity contribution in [3.05, 3.63) is 42.3 Å². The number of hydrogen-bond donors (Lipinski definition) is 1. The van der Waals surface area contributed by atoms with Crippen molar-refractivity contribution in [2.45, 2.75) is 144 Å². The van der Waals surface area contributed by atoms with Gasteiger partial charge in [0.15, 0.2) is 5.78 Å². The monoisotopic (exact) mass is 845 g/mol. The average molecular weight is 846 g/mol. The van der Waals surface area contributed by atoms with Crippen LogP contribution in [-0.2, 0) is 67.8 Å². The fourth-order valence-corrected chi connectivity index (χ4v) is 8.11. The molecular weight excluding hydrogens is 769 g/mol. The molecule has 0 unspecified atom stereocenters. The number of nitrogens with one attached hydrogen (secondary N) is 1. The molecule has 1 aromatic carbocycles. The summed E-state index contributed by atoms with van der Waals surface area (Å²) in [5.41, 5.74) is 1.12. The summed E-state index contributed by atoms with van der Waals surface area (Å²) in [5, 5.41) is 3.14. The van der Waals surface area contributed by atoms with Crippen molar-refractivity contribution >= 4 is 23.5 Å². The van der Waals surface area contributed by atoms with Gasteiger partial charge in [-0.3, -0.25) is 24.1 Å². The maximum absolute atomic E-state index is 14.3. The number of ketones is 1. The quantitative estimate of drug-likeness (QED) is 0.141. The van der Waals surface area contributed by atoms with E-state index >= 15 is 0 Å². The van der Waals surface area contributed by atoms with Crippen molar-refractivity contribution in [2.75, 3.05) is 41.9 Å². The number of Topliss-reactive ketones (excluding diaryl/α,β-unsaturated/α-hetero) is 1. The summed E-state index contributed by atoms with van der Waals surface area (Å²) in [5.74, 6) is -1.08. The number of amides is 3. The first-order chi connectivity index (χ1) is 25.4. The van der Waals surface area contributed by atoms with Gasteiger partial charge in [0, 0.05) is 78.9 Å². The predicted molar refractivity (Wildman–Crippen MR) is 219 cm³/mol. The molecular formula is C44H76N4O6Y-2. The Labute approximate surface area is 360 Å². The van der Waals surface area contributed by atoms with Crippen LogP contribution in [0.4, 0.5) is 0 Å². The summed E-state index contributed by atoms with van der Waals surface area (Å²) >= 11 is 0. The molecule has 0 bridgehead atoms. The van der Waals surface area contributed by atoms with Gasteiger partial charge >= 0.3 is 0 Å². The molecule has 1 aliphatic rings. The third kappa shape index (κ3) is 16.2. The van der Waals surface area contributed by atoms with Crippen molar-refractivity contribution in [1.29, 1.82) is 0 Å². The van der Waals surface area contributed by atoms with E-state index in [0.29, 0.717) is 13.0 Å². The van der Waals surface area contributed by atoms with Crippen LogP contribution in [0.25, 0.3) is 0 Å². The summed E-state index contributed by atoms with van der Waals surface area (Å²) in [7, 11) is 8.80. The van der Waals surface area contributed by atoms with Gasteiger partial charge in [0.1, 0.15) is 0 Å². The number of likely N-dealkylation sites (tertiary alicyclic amines) is 1. The number of carbonyl (C=O) groups excluding carboxylic acids is 4. The largest absolute Gasteiger partial charge is 0.379 e. The van der Waals surface area contributed by atoms with Crippen LogP contribution in [0.3, 0.4) is 0 Å². The van der Waals surface area contributed by atoms with Gasteiger partial charge in [0.2, 0.25) is 17.7 Å². The molecule has 313 valence electrons. The Bertz CT molecular complexity index is 1260. The number of benzene rings is 1. The van der Waals surface area contributed by atoms with Gasteiger partial charge in [0.05, 0.1) is 42.7 Å². The predicted octanol–water partition coefficient (Wildman–Crippen LogP) is 6.50. The fourth-order valence-electron chi connectivity index (χ4n) is 8.11. The molecule has 2 rings (SSSR count). The SMILES string of the molecule is CC[C@H](C)[C@@H]([C@@H](CC(=O)N1CCC[C@H]1[C@H](OC)[C@@H](C)C(=O)N[C@H](C)Cc1cc[c-]cc1)OC)N(C)C(=O)[C@@H](CC(=O)[C@H](C(C)C)N(C)C)C(C)C.C[CH-]C.[Y]. The zero-order chi connectivity index (χ0) is 41.3. The molecule has 3 amide bonds. The molecule has 0 aliphatic carbocycles. The number of hydrogen-bond acceptors (Lipinski definition) is 7. The topological polar surface area (TPSA) is 108 Å². The maximum atomic E-state index is 14.3. The summed E-state index contributed by atoms with van der Waals surface area (Å²) < 4.78 is 12.0. The van der Waals surface area contributed by atoms with Crippen LogP contribution in [0.1, 0.15) is 107 Å². The van der Waals surface area contributed by atoms with Crippen LogP contribution in [-0.4, -0.2) is 116 Å². The minimum absolute atomic E-state index is 0. The first-order valence-electron chi connectivity index (χ1n) is 20.2. The number of nitrogens with zero attached hydrogens (tertiary/aromatic N) is 3. The number of rotatable bonds is 21. The summed E-state index contributed by atoms with van der Waals surface area (Å²) in [6.45, 7) is 20.6. The summed E-state index contributed by atoms with van der Waals surface area (Å²) in [4.78, 5) is 60.9. The van der Waals surface area contributed by atoms with Gasteiger partial charge in [0.25, 0.3) is 0 Å². The molecule has 1 fully saturated rings. The van der Waals surface area contributed by atoms with Gasteiger partial charge in [-0.05, 0) is 58.0 Å². The molecule has 0 aromatic heterocycles. The molecule has 1 N–H and O–H groups in total. The van der Waals surface area contributed by atoms with Crippen LogP contribution >= 0.6 is 0 Å².